The molecule has 176 valence electrons. The van der Waals surface area contributed by atoms with Crippen molar-refractivity contribution in [2.75, 3.05) is 5.09 Å². The molecule has 2 aliphatic rings. The SMILES string of the molecule is CC(C)[C@H]1CC[C@@H](C)C[C@H]1OP(=O)(Nc1ccccc1)O[C@@H]1C[C@H](C)CC[C@@H]1C(C)C. The first-order valence-corrected chi connectivity index (χ1v) is 14.0. The van der Waals surface area contributed by atoms with Crippen LogP contribution in [0.4, 0.5) is 5.69 Å². The van der Waals surface area contributed by atoms with Crippen molar-refractivity contribution in [1.82, 2.24) is 0 Å². The lowest BCUT2D eigenvalue weighted by atomic mass is 9.75. The standard InChI is InChI=1S/C26H44NO3P/c1-18(2)23-14-12-20(5)16-25(23)29-31(28,27-22-10-8-7-9-11-22)30-26-17-21(6)13-15-24(26)19(3)4/h7-11,18-21,23-26H,12-17H2,1-6H3,(H,27,28)/t20-,21-,23-,24-,25-,26-/m1/s1. The van der Waals surface area contributed by atoms with Crippen molar-refractivity contribution in [3.8, 4) is 0 Å². The van der Waals surface area contributed by atoms with Gasteiger partial charge in [-0.15, -0.1) is 0 Å². The highest BCUT2D eigenvalue weighted by Gasteiger charge is 2.42. The molecule has 0 bridgehead atoms. The number of hydrogen-bond donors (Lipinski definition) is 1. The zero-order valence-electron chi connectivity index (χ0n) is 20.4. The number of hydrogen-bond acceptors (Lipinski definition) is 3. The second kappa shape index (κ2) is 10.9. The fourth-order valence-corrected chi connectivity index (χ4v) is 7.39. The van der Waals surface area contributed by atoms with E-state index in [1.54, 1.807) is 0 Å². The first-order valence-electron chi connectivity index (χ1n) is 12.5. The Hall–Kier alpha value is -0.830. The van der Waals surface area contributed by atoms with Crippen LogP contribution in [0.25, 0.3) is 0 Å². The summed E-state index contributed by atoms with van der Waals surface area (Å²) in [6, 6.07) is 9.74. The van der Waals surface area contributed by atoms with E-state index in [1.807, 2.05) is 30.3 Å². The van der Waals surface area contributed by atoms with Gasteiger partial charge in [-0.1, -0.05) is 72.6 Å². The molecule has 2 saturated carbocycles. The predicted molar refractivity (Wildman–Crippen MR) is 130 cm³/mol. The van der Waals surface area contributed by atoms with E-state index in [9.17, 15) is 4.57 Å². The molecule has 0 saturated heterocycles. The predicted octanol–water partition coefficient (Wildman–Crippen LogP) is 8.16. The van der Waals surface area contributed by atoms with Gasteiger partial charge in [0.25, 0.3) is 0 Å². The fourth-order valence-electron chi connectivity index (χ4n) is 5.58. The highest BCUT2D eigenvalue weighted by molar-refractivity contribution is 7.55. The first kappa shape index (κ1) is 24.8. The Labute approximate surface area is 190 Å². The number of rotatable bonds is 8. The second-order valence-corrected chi connectivity index (χ2v) is 12.6. The summed E-state index contributed by atoms with van der Waals surface area (Å²) in [5.74, 6) is 3.00. The quantitative estimate of drug-likeness (QED) is 0.407. The van der Waals surface area contributed by atoms with Gasteiger partial charge in [0.1, 0.15) is 0 Å². The van der Waals surface area contributed by atoms with Crippen molar-refractivity contribution in [3.05, 3.63) is 30.3 Å². The van der Waals surface area contributed by atoms with E-state index < -0.39 is 7.75 Å². The van der Waals surface area contributed by atoms with Gasteiger partial charge in [-0.05, 0) is 73.3 Å². The number of anilines is 1. The Morgan fingerprint density at radius 1 is 0.806 bits per heavy atom. The minimum atomic E-state index is -3.54. The van der Waals surface area contributed by atoms with Gasteiger partial charge in [-0.3, -0.25) is 14.1 Å². The molecule has 1 N–H and O–H groups in total. The highest BCUT2D eigenvalue weighted by atomic mass is 31.2. The summed E-state index contributed by atoms with van der Waals surface area (Å²) in [6.45, 7) is 13.6. The molecule has 0 heterocycles. The van der Waals surface area contributed by atoms with E-state index in [4.69, 9.17) is 9.05 Å². The van der Waals surface area contributed by atoms with Crippen LogP contribution < -0.4 is 5.09 Å². The molecule has 0 unspecified atom stereocenters. The van der Waals surface area contributed by atoms with Gasteiger partial charge in [0.15, 0.2) is 0 Å². The molecule has 6 atom stereocenters. The molecule has 0 amide bonds. The van der Waals surface area contributed by atoms with E-state index in [-0.39, 0.29) is 12.2 Å². The first-order chi connectivity index (χ1) is 14.7. The molecule has 5 heteroatoms. The molecular weight excluding hydrogens is 405 g/mol. The van der Waals surface area contributed by atoms with Gasteiger partial charge in [0.05, 0.1) is 12.2 Å². The van der Waals surface area contributed by atoms with Crippen LogP contribution in [-0.2, 0) is 13.6 Å². The maximum absolute atomic E-state index is 14.3. The minimum absolute atomic E-state index is 0.0377. The van der Waals surface area contributed by atoms with E-state index in [0.29, 0.717) is 35.5 Å². The lowest BCUT2D eigenvalue weighted by Crippen LogP contribution is -2.37. The number of benzene rings is 1. The smallest absolute Gasteiger partial charge is 0.293 e. The zero-order chi connectivity index (χ0) is 22.6. The number of para-hydroxylation sites is 1. The van der Waals surface area contributed by atoms with Crippen LogP contribution in [0.5, 0.6) is 0 Å². The molecule has 31 heavy (non-hydrogen) atoms. The third-order valence-electron chi connectivity index (χ3n) is 7.51. The van der Waals surface area contributed by atoms with Gasteiger partial charge in [0.2, 0.25) is 0 Å². The maximum atomic E-state index is 14.3. The monoisotopic (exact) mass is 449 g/mol. The lowest BCUT2D eigenvalue weighted by Gasteiger charge is -2.41. The van der Waals surface area contributed by atoms with Crippen molar-refractivity contribution in [1.29, 1.82) is 0 Å². The summed E-state index contributed by atoms with van der Waals surface area (Å²) in [7, 11) is -3.54. The van der Waals surface area contributed by atoms with Crippen molar-refractivity contribution in [3.63, 3.8) is 0 Å². The normalized spacial score (nSPS) is 32.4. The topological polar surface area (TPSA) is 47.6 Å². The van der Waals surface area contributed by atoms with Gasteiger partial charge < -0.3 is 0 Å². The molecule has 0 radical (unpaired) electrons. The summed E-state index contributed by atoms with van der Waals surface area (Å²) in [5, 5.41) is 3.21. The van der Waals surface area contributed by atoms with Gasteiger partial charge >= 0.3 is 7.75 Å². The van der Waals surface area contributed by atoms with Gasteiger partial charge in [-0.2, -0.15) is 0 Å². The number of nitrogens with one attached hydrogen (secondary N) is 1. The summed E-state index contributed by atoms with van der Waals surface area (Å²) >= 11 is 0. The highest BCUT2D eigenvalue weighted by Crippen LogP contribution is 2.56. The molecule has 3 rings (SSSR count). The van der Waals surface area contributed by atoms with Crippen molar-refractivity contribution >= 4 is 13.4 Å². The van der Waals surface area contributed by atoms with Gasteiger partial charge in [0, 0.05) is 5.69 Å². The van der Waals surface area contributed by atoms with Crippen LogP contribution in [0.15, 0.2) is 30.3 Å². The van der Waals surface area contributed by atoms with Crippen LogP contribution in [0, 0.1) is 35.5 Å². The van der Waals surface area contributed by atoms with Crippen LogP contribution in [0.1, 0.15) is 80.1 Å². The third kappa shape index (κ3) is 6.83. The average Bonchev–Trinajstić information content (AvgIpc) is 2.68. The fraction of sp³-hybridized carbons (Fsp3) is 0.769. The molecule has 1 aromatic rings. The Balaban J connectivity index is 1.86. The van der Waals surface area contributed by atoms with Crippen LogP contribution in [0.2, 0.25) is 0 Å². The zero-order valence-corrected chi connectivity index (χ0v) is 21.3. The maximum Gasteiger partial charge on any atom is 0.433 e. The van der Waals surface area contributed by atoms with Gasteiger partial charge in [-0.25, -0.2) is 4.57 Å². The molecule has 4 nitrogen and oxygen atoms in total. The Kier molecular flexibility index (Phi) is 8.69. The average molecular weight is 450 g/mol. The van der Waals surface area contributed by atoms with Crippen molar-refractivity contribution < 1.29 is 13.6 Å². The van der Waals surface area contributed by atoms with Crippen molar-refractivity contribution in [2.45, 2.75) is 92.3 Å². The molecule has 1 aromatic carbocycles. The molecule has 2 fully saturated rings. The Morgan fingerprint density at radius 2 is 1.26 bits per heavy atom. The van der Waals surface area contributed by atoms with E-state index in [2.05, 4.69) is 46.6 Å². The van der Waals surface area contributed by atoms with E-state index >= 15 is 0 Å². The summed E-state index contributed by atoms with van der Waals surface area (Å²) in [5.41, 5.74) is 0.792. The second-order valence-electron chi connectivity index (χ2n) is 10.9. The van der Waals surface area contributed by atoms with Crippen molar-refractivity contribution in [2.24, 2.45) is 35.5 Å². The Morgan fingerprint density at radius 3 is 1.68 bits per heavy atom. The van der Waals surface area contributed by atoms with Crippen LogP contribution in [-0.4, -0.2) is 12.2 Å². The largest absolute Gasteiger partial charge is 0.433 e. The molecule has 0 aliphatic heterocycles. The molecule has 0 spiro atoms. The molecule has 2 aliphatic carbocycles. The summed E-state index contributed by atoms with van der Waals surface area (Å²) in [6.07, 6.45) is 6.51. The van der Waals surface area contributed by atoms with Crippen LogP contribution in [0.3, 0.4) is 0 Å². The minimum Gasteiger partial charge on any atom is -0.293 e. The summed E-state index contributed by atoms with van der Waals surface area (Å²) in [4.78, 5) is 0. The van der Waals surface area contributed by atoms with E-state index in [0.717, 1.165) is 31.4 Å². The van der Waals surface area contributed by atoms with E-state index in [1.165, 1.54) is 12.8 Å². The molecular formula is C26H44NO3P. The Bertz CT molecular complexity index is 685. The molecule has 0 aromatic heterocycles. The summed E-state index contributed by atoms with van der Waals surface area (Å²) < 4.78 is 27.3. The van der Waals surface area contributed by atoms with Crippen LogP contribution >= 0.6 is 7.75 Å². The third-order valence-corrected chi connectivity index (χ3v) is 9.14. The lowest BCUT2D eigenvalue weighted by molar-refractivity contribution is -0.00187.